The number of H-pyrrole nitrogens is 1. The van der Waals surface area contributed by atoms with E-state index in [1.165, 1.54) is 27.7 Å². The van der Waals surface area contributed by atoms with E-state index in [0.717, 1.165) is 32.7 Å². The van der Waals surface area contributed by atoms with Crippen molar-refractivity contribution in [3.05, 3.63) is 35.0 Å². The molecule has 0 radical (unpaired) electrons. The Kier molecular flexibility index (Phi) is 3.10. The van der Waals surface area contributed by atoms with Crippen molar-refractivity contribution in [3.8, 4) is 0 Å². The van der Waals surface area contributed by atoms with Crippen molar-refractivity contribution in [2.24, 2.45) is 0 Å². The van der Waals surface area contributed by atoms with Crippen LogP contribution in [-0.2, 0) is 6.54 Å². The number of fused-ring (bicyclic) bond motifs is 1. The van der Waals surface area contributed by atoms with Crippen molar-refractivity contribution in [3.63, 3.8) is 0 Å². The predicted octanol–water partition coefficient (Wildman–Crippen LogP) is 2.19. The topological polar surface area (TPSA) is 31.1 Å². The van der Waals surface area contributed by atoms with Gasteiger partial charge in [0.05, 0.1) is 0 Å². The van der Waals surface area contributed by atoms with Crippen LogP contribution in [0.5, 0.6) is 0 Å². The summed E-state index contributed by atoms with van der Waals surface area (Å²) in [6.45, 7) is 9.96. The Morgan fingerprint density at radius 2 is 1.94 bits per heavy atom. The zero-order valence-electron chi connectivity index (χ0n) is 11.2. The SMILES string of the molecule is Cc1c(CN2CCNCC2)[nH]c2c(C)cccc12. The van der Waals surface area contributed by atoms with Gasteiger partial charge >= 0.3 is 0 Å². The molecule has 96 valence electrons. The van der Waals surface area contributed by atoms with Gasteiger partial charge in [-0.2, -0.15) is 0 Å². The molecule has 2 N–H and O–H groups in total. The second-order valence-corrected chi connectivity index (χ2v) is 5.25. The molecule has 2 aromatic rings. The lowest BCUT2D eigenvalue weighted by molar-refractivity contribution is 0.231. The first kappa shape index (κ1) is 11.8. The predicted molar refractivity (Wildman–Crippen MR) is 75.9 cm³/mol. The maximum absolute atomic E-state index is 3.62. The van der Waals surface area contributed by atoms with Crippen LogP contribution >= 0.6 is 0 Å². The van der Waals surface area contributed by atoms with E-state index in [2.05, 4.69) is 47.2 Å². The van der Waals surface area contributed by atoms with E-state index in [1.54, 1.807) is 0 Å². The van der Waals surface area contributed by atoms with Crippen LogP contribution in [0.4, 0.5) is 0 Å². The molecular weight excluding hydrogens is 222 g/mol. The molecule has 1 saturated heterocycles. The van der Waals surface area contributed by atoms with Crippen LogP contribution in [0.2, 0.25) is 0 Å². The molecule has 0 unspecified atom stereocenters. The molecule has 0 saturated carbocycles. The molecule has 1 aliphatic heterocycles. The first-order valence-corrected chi connectivity index (χ1v) is 6.75. The summed E-state index contributed by atoms with van der Waals surface area (Å²) in [6.07, 6.45) is 0. The largest absolute Gasteiger partial charge is 0.357 e. The highest BCUT2D eigenvalue weighted by Crippen LogP contribution is 2.25. The van der Waals surface area contributed by atoms with E-state index in [0.29, 0.717) is 0 Å². The second kappa shape index (κ2) is 4.75. The van der Waals surface area contributed by atoms with Gasteiger partial charge in [-0.05, 0) is 25.0 Å². The number of hydrogen-bond acceptors (Lipinski definition) is 2. The Balaban J connectivity index is 1.92. The third-order valence-corrected chi connectivity index (χ3v) is 4.00. The number of nitrogens with one attached hydrogen (secondary N) is 2. The van der Waals surface area contributed by atoms with Crippen LogP contribution in [0.25, 0.3) is 10.9 Å². The zero-order chi connectivity index (χ0) is 12.5. The van der Waals surface area contributed by atoms with Crippen LogP contribution in [-0.4, -0.2) is 36.1 Å². The van der Waals surface area contributed by atoms with Gasteiger partial charge in [0.15, 0.2) is 0 Å². The average Bonchev–Trinajstić information content (AvgIpc) is 2.70. The molecule has 0 amide bonds. The molecule has 2 heterocycles. The van der Waals surface area contributed by atoms with Crippen molar-refractivity contribution in [2.75, 3.05) is 26.2 Å². The fourth-order valence-corrected chi connectivity index (χ4v) is 2.80. The average molecular weight is 243 g/mol. The minimum Gasteiger partial charge on any atom is -0.357 e. The van der Waals surface area contributed by atoms with E-state index in [4.69, 9.17) is 0 Å². The van der Waals surface area contributed by atoms with Crippen molar-refractivity contribution in [1.82, 2.24) is 15.2 Å². The number of aromatic nitrogens is 1. The quantitative estimate of drug-likeness (QED) is 0.847. The van der Waals surface area contributed by atoms with Crippen LogP contribution in [0.1, 0.15) is 16.8 Å². The molecular formula is C15H21N3. The third kappa shape index (κ3) is 2.04. The van der Waals surface area contributed by atoms with Crippen molar-refractivity contribution >= 4 is 10.9 Å². The summed E-state index contributed by atoms with van der Waals surface area (Å²) in [5, 5.41) is 4.77. The minimum atomic E-state index is 1.04. The van der Waals surface area contributed by atoms with Crippen LogP contribution in [0.15, 0.2) is 18.2 Å². The maximum atomic E-state index is 3.62. The van der Waals surface area contributed by atoms with Crippen LogP contribution in [0, 0.1) is 13.8 Å². The van der Waals surface area contributed by atoms with E-state index in [1.807, 2.05) is 0 Å². The van der Waals surface area contributed by atoms with Gasteiger partial charge in [-0.1, -0.05) is 18.2 Å². The van der Waals surface area contributed by atoms with Crippen molar-refractivity contribution in [1.29, 1.82) is 0 Å². The number of para-hydroxylation sites is 1. The van der Waals surface area contributed by atoms with Gasteiger partial charge in [-0.3, -0.25) is 4.90 Å². The first-order valence-electron chi connectivity index (χ1n) is 6.75. The summed E-state index contributed by atoms with van der Waals surface area (Å²) >= 11 is 0. The number of hydrogen-bond donors (Lipinski definition) is 2. The summed E-state index contributed by atoms with van der Waals surface area (Å²) in [5.41, 5.74) is 5.43. The molecule has 3 heteroatoms. The Morgan fingerprint density at radius 3 is 2.67 bits per heavy atom. The molecule has 3 nitrogen and oxygen atoms in total. The lowest BCUT2D eigenvalue weighted by Gasteiger charge is -2.26. The minimum absolute atomic E-state index is 1.04. The maximum Gasteiger partial charge on any atom is 0.0488 e. The molecule has 0 spiro atoms. The number of aromatic amines is 1. The van der Waals surface area contributed by atoms with E-state index >= 15 is 0 Å². The first-order chi connectivity index (χ1) is 8.75. The molecule has 3 rings (SSSR count). The number of piperazine rings is 1. The number of rotatable bonds is 2. The van der Waals surface area contributed by atoms with Gasteiger partial charge in [-0.25, -0.2) is 0 Å². The van der Waals surface area contributed by atoms with Crippen LogP contribution in [0.3, 0.4) is 0 Å². The highest BCUT2D eigenvalue weighted by Gasteiger charge is 2.14. The summed E-state index contributed by atoms with van der Waals surface area (Å²) < 4.78 is 0. The number of benzene rings is 1. The number of aryl methyl sites for hydroxylation is 2. The fourth-order valence-electron chi connectivity index (χ4n) is 2.80. The molecule has 1 fully saturated rings. The summed E-state index contributed by atoms with van der Waals surface area (Å²) in [4.78, 5) is 6.13. The Hall–Kier alpha value is -1.32. The Bertz CT molecular complexity index is 550. The summed E-state index contributed by atoms with van der Waals surface area (Å²) in [7, 11) is 0. The Morgan fingerprint density at radius 1 is 1.17 bits per heavy atom. The lowest BCUT2D eigenvalue weighted by Crippen LogP contribution is -2.43. The van der Waals surface area contributed by atoms with Gasteiger partial charge in [-0.15, -0.1) is 0 Å². The van der Waals surface area contributed by atoms with Crippen molar-refractivity contribution < 1.29 is 0 Å². The highest BCUT2D eigenvalue weighted by molar-refractivity contribution is 5.86. The second-order valence-electron chi connectivity index (χ2n) is 5.25. The molecule has 0 aliphatic carbocycles. The normalized spacial score (nSPS) is 17.4. The third-order valence-electron chi connectivity index (χ3n) is 4.00. The molecule has 18 heavy (non-hydrogen) atoms. The Labute approximate surface area is 108 Å². The molecule has 1 aromatic carbocycles. The standard InChI is InChI=1S/C15H21N3/c1-11-4-3-5-13-12(2)14(17-15(11)13)10-18-8-6-16-7-9-18/h3-5,16-17H,6-10H2,1-2H3. The highest BCUT2D eigenvalue weighted by atomic mass is 15.2. The van der Waals surface area contributed by atoms with E-state index < -0.39 is 0 Å². The van der Waals surface area contributed by atoms with Crippen LogP contribution < -0.4 is 5.32 Å². The fraction of sp³-hybridized carbons (Fsp3) is 0.467. The van der Waals surface area contributed by atoms with E-state index in [-0.39, 0.29) is 0 Å². The lowest BCUT2D eigenvalue weighted by atomic mass is 10.1. The van der Waals surface area contributed by atoms with Gasteiger partial charge in [0, 0.05) is 49.3 Å². The van der Waals surface area contributed by atoms with Crippen molar-refractivity contribution in [2.45, 2.75) is 20.4 Å². The molecule has 1 aliphatic rings. The van der Waals surface area contributed by atoms with Gasteiger partial charge < -0.3 is 10.3 Å². The molecule has 0 atom stereocenters. The molecule has 0 bridgehead atoms. The smallest absolute Gasteiger partial charge is 0.0488 e. The summed E-state index contributed by atoms with van der Waals surface area (Å²) in [6, 6.07) is 6.54. The van der Waals surface area contributed by atoms with Gasteiger partial charge in [0.1, 0.15) is 0 Å². The van der Waals surface area contributed by atoms with Gasteiger partial charge in [0.2, 0.25) is 0 Å². The van der Waals surface area contributed by atoms with E-state index in [9.17, 15) is 0 Å². The van der Waals surface area contributed by atoms with Gasteiger partial charge in [0.25, 0.3) is 0 Å². The molecule has 1 aromatic heterocycles. The monoisotopic (exact) mass is 243 g/mol. The summed E-state index contributed by atoms with van der Waals surface area (Å²) in [5.74, 6) is 0. The zero-order valence-corrected chi connectivity index (χ0v) is 11.2. The number of nitrogens with zero attached hydrogens (tertiary/aromatic N) is 1.